The van der Waals surface area contributed by atoms with Crippen molar-refractivity contribution in [3.63, 3.8) is 0 Å². The van der Waals surface area contributed by atoms with Gasteiger partial charge in [-0.1, -0.05) is 24.3 Å². The molecular formula is C19H21O5P. The molecule has 0 bridgehead atoms. The molecule has 1 atom stereocenters. The van der Waals surface area contributed by atoms with Crippen LogP contribution in [0.25, 0.3) is 11.1 Å². The molecule has 0 fully saturated rings. The van der Waals surface area contributed by atoms with Crippen molar-refractivity contribution in [3.05, 3.63) is 53.6 Å². The summed E-state index contributed by atoms with van der Waals surface area (Å²) in [5.74, 6) is 0.154. The van der Waals surface area contributed by atoms with Gasteiger partial charge in [0.1, 0.15) is 10.9 Å². The fourth-order valence-corrected chi connectivity index (χ4v) is 4.74. The Kier molecular flexibility index (Phi) is 4.48. The van der Waals surface area contributed by atoms with E-state index in [2.05, 4.69) is 0 Å². The monoisotopic (exact) mass is 360 g/mol. The molecule has 0 amide bonds. The van der Waals surface area contributed by atoms with Crippen molar-refractivity contribution < 1.29 is 23.1 Å². The number of rotatable bonds is 4. The zero-order chi connectivity index (χ0) is 18.2. The highest BCUT2D eigenvalue weighted by Gasteiger charge is 2.52. The van der Waals surface area contributed by atoms with Gasteiger partial charge in [-0.2, -0.15) is 0 Å². The van der Waals surface area contributed by atoms with Gasteiger partial charge in [0.15, 0.2) is 0 Å². The topological polar surface area (TPSA) is 61.8 Å². The van der Waals surface area contributed by atoms with Crippen molar-refractivity contribution in [1.82, 2.24) is 0 Å². The van der Waals surface area contributed by atoms with E-state index in [0.717, 1.165) is 16.9 Å². The lowest BCUT2D eigenvalue weighted by molar-refractivity contribution is 0.0665. The zero-order valence-corrected chi connectivity index (χ0v) is 15.6. The van der Waals surface area contributed by atoms with E-state index in [1.165, 1.54) is 0 Å². The molecule has 1 aliphatic heterocycles. The molecule has 0 saturated carbocycles. The fourth-order valence-electron chi connectivity index (χ4n) is 2.99. The van der Waals surface area contributed by atoms with Crippen molar-refractivity contribution in [3.8, 4) is 16.9 Å². The van der Waals surface area contributed by atoms with Gasteiger partial charge in [-0.25, -0.2) is 9.36 Å². The van der Waals surface area contributed by atoms with Crippen LogP contribution >= 0.6 is 7.60 Å². The van der Waals surface area contributed by atoms with Crippen LogP contribution < -0.4 is 4.74 Å². The van der Waals surface area contributed by atoms with Gasteiger partial charge in [0.05, 0.1) is 19.3 Å². The van der Waals surface area contributed by atoms with Crippen LogP contribution in [-0.4, -0.2) is 19.7 Å². The summed E-state index contributed by atoms with van der Waals surface area (Å²) in [4.78, 5) is 12.5. The molecule has 1 heterocycles. The first-order chi connectivity index (χ1) is 11.8. The van der Waals surface area contributed by atoms with Crippen LogP contribution in [0.1, 0.15) is 36.7 Å². The van der Waals surface area contributed by atoms with Crippen LogP contribution in [0.2, 0.25) is 0 Å². The predicted molar refractivity (Wildman–Crippen MR) is 96.1 cm³/mol. The molecule has 0 aliphatic carbocycles. The summed E-state index contributed by atoms with van der Waals surface area (Å²) in [6.45, 7) is 5.50. The largest absolute Gasteiger partial charge is 0.497 e. The molecule has 1 aliphatic rings. The fraction of sp³-hybridized carbons (Fsp3) is 0.316. The second kappa shape index (κ2) is 6.32. The van der Waals surface area contributed by atoms with Crippen molar-refractivity contribution in [2.24, 2.45) is 0 Å². The van der Waals surface area contributed by atoms with Crippen molar-refractivity contribution in [2.75, 3.05) is 13.7 Å². The summed E-state index contributed by atoms with van der Waals surface area (Å²) < 4.78 is 28.8. The Hall–Kier alpha value is -2.10. The minimum atomic E-state index is -3.57. The maximum absolute atomic E-state index is 13.0. The minimum Gasteiger partial charge on any atom is -0.497 e. The predicted octanol–water partition coefficient (Wildman–Crippen LogP) is 5.00. The maximum Gasteiger partial charge on any atom is 0.391 e. The first-order valence-electron chi connectivity index (χ1n) is 8.10. The molecule has 6 heteroatoms. The summed E-state index contributed by atoms with van der Waals surface area (Å²) in [6.07, 6.45) is 0. The van der Waals surface area contributed by atoms with Crippen molar-refractivity contribution >= 4 is 13.6 Å². The van der Waals surface area contributed by atoms with E-state index in [9.17, 15) is 9.36 Å². The van der Waals surface area contributed by atoms with Gasteiger partial charge in [-0.15, -0.1) is 0 Å². The summed E-state index contributed by atoms with van der Waals surface area (Å²) in [5.41, 5.74) is 2.93. The smallest absolute Gasteiger partial charge is 0.391 e. The number of hydrogen-bond donors (Lipinski definition) is 0. The van der Waals surface area contributed by atoms with Gasteiger partial charge in [-0.3, -0.25) is 4.52 Å². The lowest BCUT2D eigenvalue weighted by Gasteiger charge is -2.37. The third kappa shape index (κ3) is 2.88. The Bertz CT molecular complexity index is 855. The van der Waals surface area contributed by atoms with E-state index >= 15 is 0 Å². The number of carbonyl (C=O) groups excluding carboxylic acids is 1. The Morgan fingerprint density at radius 2 is 1.72 bits per heavy atom. The minimum absolute atomic E-state index is 0.216. The molecule has 0 saturated heterocycles. The SMILES string of the molecule is CCOP1(=O)OC(=O)c2cc(-c3ccc(OC)cc3)ccc2C1(C)C. The second-order valence-corrected chi connectivity index (χ2v) is 8.90. The number of fused-ring (bicyclic) bond motifs is 1. The number of hydrogen-bond acceptors (Lipinski definition) is 5. The summed E-state index contributed by atoms with van der Waals surface area (Å²) in [6, 6.07) is 13.1. The normalized spacial score (nSPS) is 21.4. The van der Waals surface area contributed by atoms with Crippen molar-refractivity contribution in [2.45, 2.75) is 25.9 Å². The third-order valence-corrected chi connectivity index (χ3v) is 7.12. The average Bonchev–Trinajstić information content (AvgIpc) is 2.60. The lowest BCUT2D eigenvalue weighted by atomic mass is 9.92. The molecular weight excluding hydrogens is 339 g/mol. The summed E-state index contributed by atoms with van der Waals surface area (Å²) >= 11 is 0. The Balaban J connectivity index is 2.07. The number of carbonyl (C=O) groups is 1. The standard InChI is InChI=1S/C19H21O5P/c1-5-23-25(21)19(2,3)17-11-8-14(12-16(17)18(20)24-25)13-6-9-15(22-4)10-7-13/h6-12H,5H2,1-4H3. The number of ether oxygens (including phenoxy) is 1. The maximum atomic E-state index is 13.0. The van der Waals surface area contributed by atoms with Gasteiger partial charge >= 0.3 is 13.6 Å². The zero-order valence-electron chi connectivity index (χ0n) is 14.7. The molecule has 0 radical (unpaired) electrons. The first-order valence-corrected chi connectivity index (χ1v) is 9.64. The molecule has 0 spiro atoms. The molecule has 1 unspecified atom stereocenters. The lowest BCUT2D eigenvalue weighted by Crippen LogP contribution is -2.30. The third-order valence-electron chi connectivity index (χ3n) is 4.51. The Morgan fingerprint density at radius 3 is 2.32 bits per heavy atom. The van der Waals surface area contributed by atoms with Gasteiger partial charge in [-0.05, 0) is 55.7 Å². The quantitative estimate of drug-likeness (QED) is 0.718. The van der Waals surface area contributed by atoms with E-state index in [1.807, 2.05) is 36.4 Å². The van der Waals surface area contributed by atoms with E-state index in [4.69, 9.17) is 13.8 Å². The summed E-state index contributed by atoms with van der Waals surface area (Å²) in [7, 11) is -1.95. The average molecular weight is 360 g/mol. The van der Waals surface area contributed by atoms with E-state index < -0.39 is 18.7 Å². The molecule has 25 heavy (non-hydrogen) atoms. The van der Waals surface area contributed by atoms with Crippen LogP contribution in [0.4, 0.5) is 0 Å². The number of benzene rings is 2. The molecule has 0 aromatic heterocycles. The second-order valence-electron chi connectivity index (χ2n) is 6.34. The van der Waals surface area contributed by atoms with Crippen LogP contribution in [0.15, 0.2) is 42.5 Å². The molecule has 132 valence electrons. The highest BCUT2D eigenvalue weighted by molar-refractivity contribution is 7.55. The summed E-state index contributed by atoms with van der Waals surface area (Å²) in [5, 5.41) is -0.898. The van der Waals surface area contributed by atoms with Gasteiger partial charge in [0.2, 0.25) is 0 Å². The van der Waals surface area contributed by atoms with Gasteiger partial charge in [0, 0.05) is 0 Å². The van der Waals surface area contributed by atoms with Crippen LogP contribution in [0.5, 0.6) is 5.75 Å². The molecule has 5 nitrogen and oxygen atoms in total. The van der Waals surface area contributed by atoms with Crippen LogP contribution in [0.3, 0.4) is 0 Å². The van der Waals surface area contributed by atoms with Crippen LogP contribution in [0, 0.1) is 0 Å². The molecule has 2 aromatic carbocycles. The molecule has 2 aromatic rings. The highest BCUT2D eigenvalue weighted by atomic mass is 31.2. The van der Waals surface area contributed by atoms with Gasteiger partial charge < -0.3 is 9.26 Å². The molecule has 3 rings (SSSR count). The highest BCUT2D eigenvalue weighted by Crippen LogP contribution is 2.67. The van der Waals surface area contributed by atoms with Crippen LogP contribution in [-0.2, 0) is 18.8 Å². The van der Waals surface area contributed by atoms with E-state index in [-0.39, 0.29) is 6.61 Å². The van der Waals surface area contributed by atoms with Gasteiger partial charge in [0.25, 0.3) is 0 Å². The molecule has 0 N–H and O–H groups in total. The first kappa shape index (κ1) is 17.7. The van der Waals surface area contributed by atoms with E-state index in [1.54, 1.807) is 33.9 Å². The number of methoxy groups -OCH3 is 1. The Morgan fingerprint density at radius 1 is 1.08 bits per heavy atom. The van der Waals surface area contributed by atoms with Crippen molar-refractivity contribution in [1.29, 1.82) is 0 Å². The van der Waals surface area contributed by atoms with E-state index in [0.29, 0.717) is 11.1 Å². The Labute approximate surface area is 147 Å².